The van der Waals surface area contributed by atoms with Gasteiger partial charge in [0.15, 0.2) is 56.6 Å². The van der Waals surface area contributed by atoms with Crippen LogP contribution in [-0.4, -0.2) is 383 Å². The number of aliphatic hydroxyl groups is 20. The maximum atomic E-state index is 12.0. The van der Waals surface area contributed by atoms with E-state index in [9.17, 15) is 102 Å². The minimum Gasteiger partial charge on any atom is -0.394 e. The van der Waals surface area contributed by atoms with E-state index in [2.05, 4.69) is 0 Å². The van der Waals surface area contributed by atoms with Crippen molar-refractivity contribution in [1.29, 1.82) is 0 Å². The Hall–Kier alpha value is -1.48. The van der Waals surface area contributed by atoms with Gasteiger partial charge in [0, 0.05) is 0 Å². The van der Waals surface area contributed by atoms with Gasteiger partial charge in [-0.25, -0.2) is 0 Å². The zero-order valence-corrected chi connectivity index (χ0v) is 43.0. The Balaban J connectivity index is 0.937. The lowest BCUT2D eigenvalue weighted by Gasteiger charge is -2.48. The molecule has 9 heterocycles. The van der Waals surface area contributed by atoms with Crippen molar-refractivity contribution in [3.8, 4) is 0 Å². The second-order valence-corrected chi connectivity index (χ2v) is 21.0. The predicted molar refractivity (Wildman–Crippen MR) is 243 cm³/mol. The highest BCUT2D eigenvalue weighted by atomic mass is 16.8. The lowest BCUT2D eigenvalue weighted by Crippen LogP contribution is -2.65. The van der Waals surface area contributed by atoms with Crippen LogP contribution in [0, 0.1) is 0 Å². The van der Waals surface area contributed by atoms with Crippen molar-refractivity contribution < 1.29 is 183 Å². The quantitative estimate of drug-likeness (QED) is 0.0571. The first-order chi connectivity index (χ1) is 39.0. The Morgan fingerprint density at radius 3 is 0.988 bits per heavy atom. The number of rotatable bonds is 19. The molecule has 0 saturated carbocycles. The molecule has 9 rings (SSSR count). The summed E-state index contributed by atoms with van der Waals surface area (Å²) in [6, 6.07) is 0. The van der Waals surface area contributed by atoms with Gasteiger partial charge < -0.3 is 183 Å². The molecular weight excluding hydrogens is 1130 g/mol. The fraction of sp³-hybridized carbons (Fsp3) is 1.00. The van der Waals surface area contributed by atoms with Crippen molar-refractivity contribution in [2.24, 2.45) is 0 Å². The topological polar surface area (TPSA) is 562 Å². The van der Waals surface area contributed by atoms with E-state index in [0.29, 0.717) is 0 Å². The SMILES string of the molecule is OCC1OC(OC2C(OC3OCC(O)C(O)C3O)COC(OC3COC(OC4COC(OC5COC(OC6COC(O)C(O)C6O)C(O)C5O)C(O)C4O)C(OC4OC(CO)C(O)C4O)C3OC3OC(CO)C(O)C3O)C2O)C(O)C1O. The van der Waals surface area contributed by atoms with Crippen LogP contribution in [0.1, 0.15) is 0 Å². The zero-order chi connectivity index (χ0) is 59.2. The summed E-state index contributed by atoms with van der Waals surface area (Å²) >= 11 is 0. The van der Waals surface area contributed by atoms with Gasteiger partial charge in [-0.1, -0.05) is 0 Å². The normalized spacial score (nSPS) is 54.1. The smallest absolute Gasteiger partial charge is 0.187 e. The van der Waals surface area contributed by atoms with E-state index in [1.165, 1.54) is 0 Å². The van der Waals surface area contributed by atoms with Gasteiger partial charge in [-0.3, -0.25) is 0 Å². The molecule has 36 atom stereocenters. The first kappa shape index (κ1) is 65.0. The van der Waals surface area contributed by atoms with E-state index < -0.39 is 281 Å². The van der Waals surface area contributed by atoms with Crippen molar-refractivity contribution in [3.63, 3.8) is 0 Å². The second kappa shape index (κ2) is 27.9. The molecule has 0 spiro atoms. The highest BCUT2D eigenvalue weighted by Gasteiger charge is 2.58. The van der Waals surface area contributed by atoms with Gasteiger partial charge in [-0.05, 0) is 0 Å². The summed E-state index contributed by atoms with van der Waals surface area (Å²) in [5.41, 5.74) is 0. The molecule has 0 bridgehead atoms. The van der Waals surface area contributed by atoms with Gasteiger partial charge >= 0.3 is 0 Å². The lowest BCUT2D eigenvalue weighted by atomic mass is 10.0. The molecule has 0 aliphatic carbocycles. The zero-order valence-electron chi connectivity index (χ0n) is 43.0. The molecule has 9 saturated heterocycles. The van der Waals surface area contributed by atoms with Gasteiger partial charge in [0.05, 0.1) is 59.5 Å². The van der Waals surface area contributed by atoms with Crippen molar-refractivity contribution >= 4 is 0 Å². The highest BCUT2D eigenvalue weighted by Crippen LogP contribution is 2.38. The average Bonchev–Trinajstić information content (AvgIpc) is 3.84. The van der Waals surface area contributed by atoms with Gasteiger partial charge in [-0.15, -0.1) is 0 Å². The molecule has 20 N–H and O–H groups in total. The van der Waals surface area contributed by atoms with Crippen LogP contribution in [0.2, 0.25) is 0 Å². The van der Waals surface area contributed by atoms with Gasteiger partial charge in [-0.2, -0.15) is 0 Å². The molecule has 37 heteroatoms. The largest absolute Gasteiger partial charge is 0.394 e. The molecule has 9 fully saturated rings. The van der Waals surface area contributed by atoms with Crippen LogP contribution in [0.5, 0.6) is 0 Å². The van der Waals surface area contributed by atoms with Crippen molar-refractivity contribution in [3.05, 3.63) is 0 Å². The molecule has 9 aliphatic rings. The van der Waals surface area contributed by atoms with Crippen molar-refractivity contribution in [1.82, 2.24) is 0 Å². The van der Waals surface area contributed by atoms with Crippen LogP contribution in [0.3, 0.4) is 0 Å². The monoisotopic (exact) mass is 1210 g/mol. The van der Waals surface area contributed by atoms with Gasteiger partial charge in [0.1, 0.15) is 165 Å². The Morgan fingerprint density at radius 2 is 0.549 bits per heavy atom. The summed E-state index contributed by atoms with van der Waals surface area (Å²) < 4.78 is 98.0. The molecule has 9 aliphatic heterocycles. The third-order valence-electron chi connectivity index (χ3n) is 15.5. The Morgan fingerprint density at radius 1 is 0.244 bits per heavy atom. The van der Waals surface area contributed by atoms with E-state index >= 15 is 0 Å². The molecule has 37 nitrogen and oxygen atoms in total. The number of aliphatic hydroxyl groups excluding tert-OH is 20. The summed E-state index contributed by atoms with van der Waals surface area (Å²) in [5, 5.41) is 212. The molecule has 82 heavy (non-hydrogen) atoms. The van der Waals surface area contributed by atoms with Gasteiger partial charge in [0.25, 0.3) is 0 Å². The molecule has 0 aromatic heterocycles. The van der Waals surface area contributed by atoms with Crippen LogP contribution >= 0.6 is 0 Å². The summed E-state index contributed by atoms with van der Waals surface area (Å²) in [6.45, 7) is -6.09. The lowest BCUT2D eigenvalue weighted by molar-refractivity contribution is -0.389. The standard InChI is InChI=1S/C45H74O37/c46-1-11-20(51)30(61)42(72-11)80-34-17(78-38-27(58)19(50)10(49)4-67-38)8-70-41(33(34)64)79-18-9-71-45(36(82-44-32(63)22(53)13(3-48)74-44)35(18)81-43-31(62)21(52)12(2-47)73-43)77-16-7-69-40(29(60)25(16)56)76-15-6-68-39(28(59)24(15)55)75-14-5-66-37(65)26(57)23(14)54/h10-65H,1-9H2. The van der Waals surface area contributed by atoms with Crippen LogP contribution < -0.4 is 0 Å². The van der Waals surface area contributed by atoms with Crippen LogP contribution in [0.25, 0.3) is 0 Å². The fourth-order valence-electron chi connectivity index (χ4n) is 10.5. The predicted octanol–water partition coefficient (Wildman–Crippen LogP) is -14.9. The molecular formula is C45H74O37. The molecule has 0 amide bonds. The maximum Gasteiger partial charge on any atom is 0.187 e. The number of ether oxygens (including phenoxy) is 17. The Labute approximate surface area is 463 Å². The Bertz CT molecular complexity index is 1980. The van der Waals surface area contributed by atoms with E-state index in [1.54, 1.807) is 0 Å². The summed E-state index contributed by atoms with van der Waals surface area (Å²) in [4.78, 5) is 0. The molecule has 36 unspecified atom stereocenters. The van der Waals surface area contributed by atoms with Crippen LogP contribution in [0.15, 0.2) is 0 Å². The minimum atomic E-state index is -2.10. The third-order valence-corrected chi connectivity index (χ3v) is 15.5. The molecule has 0 aromatic rings. The first-order valence-electron chi connectivity index (χ1n) is 26.3. The molecule has 0 aromatic carbocycles. The van der Waals surface area contributed by atoms with Crippen LogP contribution in [0.4, 0.5) is 0 Å². The van der Waals surface area contributed by atoms with E-state index in [-0.39, 0.29) is 0 Å². The first-order valence-corrected chi connectivity index (χ1v) is 26.3. The number of hydrogen-bond acceptors (Lipinski definition) is 37. The highest BCUT2D eigenvalue weighted by molar-refractivity contribution is 4.99. The fourth-order valence-corrected chi connectivity index (χ4v) is 10.5. The third kappa shape index (κ3) is 13.6. The van der Waals surface area contributed by atoms with Crippen molar-refractivity contribution in [2.75, 3.05) is 59.5 Å². The minimum absolute atomic E-state index is 0.437. The Kier molecular flexibility index (Phi) is 22.1. The van der Waals surface area contributed by atoms with Crippen LogP contribution in [-0.2, 0) is 80.5 Å². The molecule has 476 valence electrons. The average molecular weight is 1210 g/mol. The summed E-state index contributed by atoms with van der Waals surface area (Å²) in [6.07, 6.45) is -63.4. The maximum absolute atomic E-state index is 12.0. The van der Waals surface area contributed by atoms with E-state index in [0.717, 1.165) is 0 Å². The van der Waals surface area contributed by atoms with E-state index in [1.807, 2.05) is 0 Å². The summed E-state index contributed by atoms with van der Waals surface area (Å²) in [7, 11) is 0. The summed E-state index contributed by atoms with van der Waals surface area (Å²) in [5.74, 6) is 0. The van der Waals surface area contributed by atoms with E-state index in [4.69, 9.17) is 80.5 Å². The second-order valence-electron chi connectivity index (χ2n) is 21.0. The molecule has 0 radical (unpaired) electrons. The van der Waals surface area contributed by atoms with Crippen molar-refractivity contribution in [2.45, 2.75) is 221 Å². The number of hydrogen-bond donors (Lipinski definition) is 20. The van der Waals surface area contributed by atoms with Gasteiger partial charge in [0.2, 0.25) is 0 Å².